The number of aromatic nitrogens is 2. The average molecular weight is 307 g/mol. The molecule has 1 aliphatic rings. The van der Waals surface area contributed by atoms with Crippen LogP contribution >= 0.6 is 0 Å². The number of nitrogens with zero attached hydrogens (tertiary/aromatic N) is 2. The highest BCUT2D eigenvalue weighted by Gasteiger charge is 2.30. The van der Waals surface area contributed by atoms with Crippen LogP contribution < -0.4 is 5.32 Å². The topological polar surface area (TPSA) is 37.8 Å². The molecule has 2 heterocycles. The van der Waals surface area contributed by atoms with Gasteiger partial charge < -0.3 is 5.32 Å². The molecule has 0 unspecified atom stereocenters. The van der Waals surface area contributed by atoms with Crippen LogP contribution in [0.5, 0.6) is 0 Å². The Kier molecular flexibility index (Phi) is 4.11. The van der Waals surface area contributed by atoms with Gasteiger partial charge in [0.2, 0.25) is 0 Å². The van der Waals surface area contributed by atoms with Gasteiger partial charge in [-0.15, -0.1) is 0 Å². The molecule has 116 valence electrons. The third kappa shape index (κ3) is 3.27. The summed E-state index contributed by atoms with van der Waals surface area (Å²) in [7, 11) is 0. The Morgan fingerprint density at radius 2 is 2.00 bits per heavy atom. The van der Waals surface area contributed by atoms with Crippen molar-refractivity contribution in [1.29, 1.82) is 0 Å². The molecule has 22 heavy (non-hydrogen) atoms. The molecule has 6 heteroatoms. The molecular formula is C16H16F3N3. The summed E-state index contributed by atoms with van der Waals surface area (Å²) in [6, 6.07) is 5.16. The summed E-state index contributed by atoms with van der Waals surface area (Å²) in [6.07, 6.45) is 1.04. The van der Waals surface area contributed by atoms with Crippen molar-refractivity contribution < 1.29 is 13.2 Å². The third-order valence-electron chi connectivity index (χ3n) is 3.87. The van der Waals surface area contributed by atoms with Gasteiger partial charge >= 0.3 is 6.18 Å². The second-order valence-electron chi connectivity index (χ2n) is 5.45. The van der Waals surface area contributed by atoms with Gasteiger partial charge in [-0.2, -0.15) is 13.2 Å². The van der Waals surface area contributed by atoms with E-state index in [4.69, 9.17) is 0 Å². The van der Waals surface area contributed by atoms with Crippen LogP contribution in [0.2, 0.25) is 0 Å². The molecule has 0 aliphatic carbocycles. The standard InChI is InChI=1S/C16H16F3N3/c17-16(18,19)13-5-1-3-11(7-13)14-9-22-15(10-21-14)12-4-2-6-20-8-12/h1,3,5,7,9-10,12,20H,2,4,6,8H2/t12-/m0/s1. The van der Waals surface area contributed by atoms with E-state index in [2.05, 4.69) is 15.3 Å². The maximum Gasteiger partial charge on any atom is 0.416 e. The quantitative estimate of drug-likeness (QED) is 0.920. The van der Waals surface area contributed by atoms with E-state index in [-0.39, 0.29) is 0 Å². The molecule has 1 aromatic carbocycles. The molecule has 1 atom stereocenters. The number of hydrogen-bond acceptors (Lipinski definition) is 3. The van der Waals surface area contributed by atoms with Gasteiger partial charge in [0, 0.05) is 24.2 Å². The van der Waals surface area contributed by atoms with Gasteiger partial charge in [-0.3, -0.25) is 9.97 Å². The number of hydrogen-bond donors (Lipinski definition) is 1. The van der Waals surface area contributed by atoms with Crippen molar-refractivity contribution in [3.63, 3.8) is 0 Å². The Balaban J connectivity index is 1.83. The van der Waals surface area contributed by atoms with Crippen LogP contribution in [0.1, 0.15) is 30.0 Å². The fraction of sp³-hybridized carbons (Fsp3) is 0.375. The highest BCUT2D eigenvalue weighted by molar-refractivity contribution is 5.59. The van der Waals surface area contributed by atoms with Crippen LogP contribution in [-0.2, 0) is 6.18 Å². The predicted octanol–water partition coefficient (Wildman–Crippen LogP) is 3.63. The van der Waals surface area contributed by atoms with E-state index in [1.165, 1.54) is 6.07 Å². The summed E-state index contributed by atoms with van der Waals surface area (Å²) < 4.78 is 38.2. The monoisotopic (exact) mass is 307 g/mol. The summed E-state index contributed by atoms with van der Waals surface area (Å²) in [6.45, 7) is 1.89. The Bertz CT molecular complexity index is 632. The first-order valence-corrected chi connectivity index (χ1v) is 7.24. The molecule has 0 radical (unpaired) electrons. The lowest BCUT2D eigenvalue weighted by atomic mass is 9.96. The number of rotatable bonds is 2. The lowest BCUT2D eigenvalue weighted by Gasteiger charge is -2.21. The second kappa shape index (κ2) is 6.04. The number of halogens is 3. The fourth-order valence-electron chi connectivity index (χ4n) is 2.66. The smallest absolute Gasteiger partial charge is 0.316 e. The van der Waals surface area contributed by atoms with Crippen molar-refractivity contribution in [3.05, 3.63) is 47.9 Å². The third-order valence-corrected chi connectivity index (χ3v) is 3.87. The van der Waals surface area contributed by atoms with Crippen LogP contribution in [0.15, 0.2) is 36.7 Å². The zero-order valence-corrected chi connectivity index (χ0v) is 11.9. The Morgan fingerprint density at radius 3 is 2.64 bits per heavy atom. The lowest BCUT2D eigenvalue weighted by Crippen LogP contribution is -2.28. The van der Waals surface area contributed by atoms with Gasteiger partial charge in [-0.25, -0.2) is 0 Å². The molecular weight excluding hydrogens is 291 g/mol. The summed E-state index contributed by atoms with van der Waals surface area (Å²) in [5.74, 6) is 0.330. The summed E-state index contributed by atoms with van der Waals surface area (Å²) in [4.78, 5) is 8.68. The summed E-state index contributed by atoms with van der Waals surface area (Å²) in [5.41, 5.74) is 1.10. The molecule has 1 fully saturated rings. The van der Waals surface area contributed by atoms with Crippen molar-refractivity contribution in [2.75, 3.05) is 13.1 Å². The average Bonchev–Trinajstić information content (AvgIpc) is 2.55. The van der Waals surface area contributed by atoms with E-state index >= 15 is 0 Å². The summed E-state index contributed by atoms with van der Waals surface area (Å²) in [5, 5.41) is 3.31. The number of nitrogens with one attached hydrogen (secondary N) is 1. The minimum atomic E-state index is -4.35. The number of benzene rings is 1. The van der Waals surface area contributed by atoms with E-state index in [9.17, 15) is 13.2 Å². The summed E-state index contributed by atoms with van der Waals surface area (Å²) >= 11 is 0. The normalized spacial score (nSPS) is 19.1. The highest BCUT2D eigenvalue weighted by atomic mass is 19.4. The second-order valence-corrected chi connectivity index (χ2v) is 5.45. The van der Waals surface area contributed by atoms with E-state index in [1.807, 2.05) is 0 Å². The largest absolute Gasteiger partial charge is 0.416 e. The van der Waals surface area contributed by atoms with Crippen molar-refractivity contribution in [2.24, 2.45) is 0 Å². The van der Waals surface area contributed by atoms with Crippen LogP contribution in [0.25, 0.3) is 11.3 Å². The van der Waals surface area contributed by atoms with Crippen LogP contribution in [0.3, 0.4) is 0 Å². The van der Waals surface area contributed by atoms with Gasteiger partial charge in [0.05, 0.1) is 23.1 Å². The molecule has 0 bridgehead atoms. The Morgan fingerprint density at radius 1 is 1.14 bits per heavy atom. The molecule has 1 aliphatic heterocycles. The van der Waals surface area contributed by atoms with E-state index in [1.54, 1.807) is 18.5 Å². The van der Waals surface area contributed by atoms with Gasteiger partial charge in [0.1, 0.15) is 0 Å². The first-order chi connectivity index (χ1) is 10.5. The molecule has 3 rings (SSSR count). The van der Waals surface area contributed by atoms with Crippen molar-refractivity contribution in [2.45, 2.75) is 24.9 Å². The zero-order valence-electron chi connectivity index (χ0n) is 11.9. The minimum Gasteiger partial charge on any atom is -0.316 e. The van der Waals surface area contributed by atoms with Gasteiger partial charge in [0.25, 0.3) is 0 Å². The SMILES string of the molecule is FC(F)(F)c1cccc(-c2cnc([C@H]3CCCNC3)cn2)c1. The molecule has 1 N–H and O–H groups in total. The van der Waals surface area contributed by atoms with Crippen molar-refractivity contribution in [3.8, 4) is 11.3 Å². The van der Waals surface area contributed by atoms with Crippen LogP contribution in [-0.4, -0.2) is 23.1 Å². The maximum absolute atomic E-state index is 12.7. The molecule has 3 nitrogen and oxygen atoms in total. The molecule has 0 amide bonds. The van der Waals surface area contributed by atoms with Crippen LogP contribution in [0.4, 0.5) is 13.2 Å². The van der Waals surface area contributed by atoms with E-state index in [0.717, 1.165) is 43.8 Å². The lowest BCUT2D eigenvalue weighted by molar-refractivity contribution is -0.137. The highest BCUT2D eigenvalue weighted by Crippen LogP contribution is 2.31. The molecule has 2 aromatic rings. The van der Waals surface area contributed by atoms with E-state index < -0.39 is 11.7 Å². The molecule has 1 aromatic heterocycles. The van der Waals surface area contributed by atoms with Gasteiger partial charge in [-0.05, 0) is 31.5 Å². The molecule has 0 spiro atoms. The first-order valence-electron chi connectivity index (χ1n) is 7.24. The van der Waals surface area contributed by atoms with Crippen LogP contribution in [0, 0.1) is 0 Å². The van der Waals surface area contributed by atoms with Crippen molar-refractivity contribution in [1.82, 2.24) is 15.3 Å². The zero-order chi connectivity index (χ0) is 15.6. The Labute approximate surface area is 126 Å². The number of alkyl halides is 3. The fourth-order valence-corrected chi connectivity index (χ4v) is 2.66. The Hall–Kier alpha value is -1.95. The number of piperidine rings is 1. The van der Waals surface area contributed by atoms with E-state index in [0.29, 0.717) is 17.2 Å². The van der Waals surface area contributed by atoms with Gasteiger partial charge in [0.15, 0.2) is 0 Å². The van der Waals surface area contributed by atoms with Crippen molar-refractivity contribution >= 4 is 0 Å². The molecule has 0 saturated carbocycles. The predicted molar refractivity (Wildman–Crippen MR) is 77.3 cm³/mol. The minimum absolute atomic E-state index is 0.330. The maximum atomic E-state index is 12.7. The van der Waals surface area contributed by atoms with Gasteiger partial charge in [-0.1, -0.05) is 12.1 Å². The molecule has 1 saturated heterocycles. The first kappa shape index (κ1) is 15.0.